The van der Waals surface area contributed by atoms with E-state index in [1.54, 1.807) is 24.1 Å². The molecule has 1 aliphatic heterocycles. The van der Waals surface area contributed by atoms with E-state index in [0.29, 0.717) is 18.8 Å². The zero-order chi connectivity index (χ0) is 14.7. The van der Waals surface area contributed by atoms with Crippen molar-refractivity contribution in [2.45, 2.75) is 0 Å². The molecule has 20 heavy (non-hydrogen) atoms. The quantitative estimate of drug-likeness (QED) is 0.741. The number of carbonyl (C=O) groups is 2. The lowest BCUT2D eigenvalue weighted by atomic mass is 10.2. The Hall–Kier alpha value is -2.08. The van der Waals surface area contributed by atoms with Gasteiger partial charge in [-0.05, 0) is 31.3 Å². The molecule has 2 amide bonds. The molecule has 1 heterocycles. The lowest BCUT2D eigenvalue weighted by molar-refractivity contribution is -0.145. The van der Waals surface area contributed by atoms with Crippen molar-refractivity contribution in [3.8, 4) is 5.75 Å². The fraction of sp³-hybridized carbons (Fsp3) is 0.429. The van der Waals surface area contributed by atoms with Gasteiger partial charge in [0.2, 0.25) is 0 Å². The van der Waals surface area contributed by atoms with E-state index in [1.807, 2.05) is 7.05 Å². The van der Waals surface area contributed by atoms with Crippen molar-refractivity contribution in [3.63, 3.8) is 0 Å². The second-order valence-corrected chi connectivity index (χ2v) is 4.98. The van der Waals surface area contributed by atoms with Gasteiger partial charge in [-0.3, -0.25) is 9.59 Å². The molecule has 0 bridgehead atoms. The highest BCUT2D eigenvalue weighted by molar-refractivity contribution is 6.40. The number of anilines is 1. The standard InChI is InChI=1S/C14H19N3O3/c1-15-7-9-17(10-8-15)14(20)13(19)16(2)11-3-5-12(18)6-4-11/h3-6,18H,7-10H2,1-2H3. The first-order valence-corrected chi connectivity index (χ1v) is 6.53. The molecule has 1 aromatic rings. The minimum absolute atomic E-state index is 0.125. The van der Waals surface area contributed by atoms with E-state index in [4.69, 9.17) is 0 Å². The maximum absolute atomic E-state index is 12.2. The molecule has 1 saturated heterocycles. The molecule has 0 aliphatic carbocycles. The highest BCUT2D eigenvalue weighted by Gasteiger charge is 2.27. The van der Waals surface area contributed by atoms with Crippen LogP contribution >= 0.6 is 0 Å². The molecule has 2 rings (SSSR count). The summed E-state index contributed by atoms with van der Waals surface area (Å²) in [6.45, 7) is 2.71. The second kappa shape index (κ2) is 5.92. The molecule has 1 aliphatic rings. The largest absolute Gasteiger partial charge is 0.508 e. The van der Waals surface area contributed by atoms with Crippen LogP contribution in [0.3, 0.4) is 0 Å². The van der Waals surface area contributed by atoms with Crippen molar-refractivity contribution < 1.29 is 14.7 Å². The number of phenolic OH excluding ortho intramolecular Hbond substituents is 1. The van der Waals surface area contributed by atoms with Gasteiger partial charge in [0, 0.05) is 38.9 Å². The number of aromatic hydroxyl groups is 1. The van der Waals surface area contributed by atoms with Crippen LogP contribution in [0.1, 0.15) is 0 Å². The first-order valence-electron chi connectivity index (χ1n) is 6.53. The van der Waals surface area contributed by atoms with Crippen molar-refractivity contribution in [2.75, 3.05) is 45.2 Å². The summed E-state index contributed by atoms with van der Waals surface area (Å²) in [6, 6.07) is 6.17. The van der Waals surface area contributed by atoms with Crippen LogP contribution in [-0.2, 0) is 9.59 Å². The van der Waals surface area contributed by atoms with Crippen LogP contribution < -0.4 is 4.90 Å². The average molecular weight is 277 g/mol. The zero-order valence-corrected chi connectivity index (χ0v) is 11.7. The number of likely N-dealkylation sites (N-methyl/N-ethyl adjacent to an activating group) is 2. The van der Waals surface area contributed by atoms with Gasteiger partial charge in [0.15, 0.2) is 0 Å². The minimum atomic E-state index is -0.555. The molecule has 1 N–H and O–H groups in total. The third kappa shape index (κ3) is 3.08. The molecule has 6 nitrogen and oxygen atoms in total. The van der Waals surface area contributed by atoms with E-state index in [9.17, 15) is 14.7 Å². The van der Waals surface area contributed by atoms with Crippen molar-refractivity contribution in [2.24, 2.45) is 0 Å². The third-order valence-electron chi connectivity index (χ3n) is 3.52. The van der Waals surface area contributed by atoms with Gasteiger partial charge in [0.05, 0.1) is 0 Å². The van der Waals surface area contributed by atoms with Crippen molar-refractivity contribution >= 4 is 17.5 Å². The van der Waals surface area contributed by atoms with Crippen LogP contribution in [0.25, 0.3) is 0 Å². The first kappa shape index (κ1) is 14.3. The van der Waals surface area contributed by atoms with Gasteiger partial charge in [0.1, 0.15) is 5.75 Å². The number of hydrogen-bond donors (Lipinski definition) is 1. The lowest BCUT2D eigenvalue weighted by Gasteiger charge is -2.32. The summed E-state index contributed by atoms with van der Waals surface area (Å²) in [5.41, 5.74) is 0.579. The fourth-order valence-corrected chi connectivity index (χ4v) is 2.08. The summed E-state index contributed by atoms with van der Waals surface area (Å²) in [5.74, 6) is -0.908. The minimum Gasteiger partial charge on any atom is -0.508 e. The molecule has 0 atom stereocenters. The van der Waals surface area contributed by atoms with Crippen LogP contribution in [0.5, 0.6) is 5.75 Å². The van der Waals surface area contributed by atoms with Crippen molar-refractivity contribution in [1.29, 1.82) is 0 Å². The molecular weight excluding hydrogens is 258 g/mol. The highest BCUT2D eigenvalue weighted by Crippen LogP contribution is 2.17. The van der Waals surface area contributed by atoms with E-state index in [-0.39, 0.29) is 5.75 Å². The monoisotopic (exact) mass is 277 g/mol. The summed E-state index contributed by atoms with van der Waals surface area (Å²) in [4.78, 5) is 29.3. The van der Waals surface area contributed by atoms with Gasteiger partial charge in [-0.15, -0.1) is 0 Å². The molecule has 0 radical (unpaired) electrons. The number of benzene rings is 1. The van der Waals surface area contributed by atoms with Gasteiger partial charge in [-0.25, -0.2) is 0 Å². The first-order chi connectivity index (χ1) is 9.49. The SMILES string of the molecule is CN1CCN(C(=O)C(=O)N(C)c2ccc(O)cc2)CC1. The predicted molar refractivity (Wildman–Crippen MR) is 75.6 cm³/mol. The molecule has 6 heteroatoms. The van der Waals surface area contributed by atoms with E-state index in [0.717, 1.165) is 13.1 Å². The fourth-order valence-electron chi connectivity index (χ4n) is 2.08. The average Bonchev–Trinajstić information content (AvgIpc) is 2.46. The van der Waals surface area contributed by atoms with Crippen LogP contribution in [0, 0.1) is 0 Å². The van der Waals surface area contributed by atoms with Crippen molar-refractivity contribution in [1.82, 2.24) is 9.80 Å². The number of nitrogens with zero attached hydrogens (tertiary/aromatic N) is 3. The molecule has 1 aromatic carbocycles. The van der Waals surface area contributed by atoms with Crippen LogP contribution in [0.15, 0.2) is 24.3 Å². The number of carbonyl (C=O) groups excluding carboxylic acids is 2. The Labute approximate surface area is 118 Å². The Balaban J connectivity index is 2.02. The molecule has 0 unspecified atom stereocenters. The Bertz CT molecular complexity index is 493. The smallest absolute Gasteiger partial charge is 0.316 e. The molecule has 0 aromatic heterocycles. The van der Waals surface area contributed by atoms with Gasteiger partial charge in [-0.2, -0.15) is 0 Å². The van der Waals surface area contributed by atoms with Gasteiger partial charge >= 0.3 is 11.8 Å². The van der Waals surface area contributed by atoms with Crippen LogP contribution in [0.4, 0.5) is 5.69 Å². The maximum atomic E-state index is 12.2. The zero-order valence-electron chi connectivity index (χ0n) is 11.7. The number of amides is 2. The number of phenols is 1. The predicted octanol–water partition coefficient (Wildman–Crippen LogP) is 0.129. The summed E-state index contributed by atoms with van der Waals surface area (Å²) in [7, 11) is 3.55. The third-order valence-corrected chi connectivity index (χ3v) is 3.52. The van der Waals surface area contributed by atoms with E-state index >= 15 is 0 Å². The number of piperazine rings is 1. The van der Waals surface area contributed by atoms with E-state index in [2.05, 4.69) is 4.90 Å². The normalized spacial score (nSPS) is 16.0. The van der Waals surface area contributed by atoms with Crippen LogP contribution in [-0.4, -0.2) is 67.0 Å². The highest BCUT2D eigenvalue weighted by atomic mass is 16.3. The Morgan fingerprint density at radius 1 is 1.10 bits per heavy atom. The lowest BCUT2D eigenvalue weighted by Crippen LogP contribution is -2.52. The topological polar surface area (TPSA) is 64.1 Å². The Morgan fingerprint density at radius 3 is 2.20 bits per heavy atom. The molecule has 1 fully saturated rings. The Morgan fingerprint density at radius 2 is 1.65 bits per heavy atom. The van der Waals surface area contributed by atoms with Gasteiger partial charge in [-0.1, -0.05) is 0 Å². The van der Waals surface area contributed by atoms with E-state index < -0.39 is 11.8 Å². The summed E-state index contributed by atoms with van der Waals surface area (Å²) >= 11 is 0. The summed E-state index contributed by atoms with van der Waals surface area (Å²) in [5, 5.41) is 9.23. The van der Waals surface area contributed by atoms with Gasteiger partial charge in [0.25, 0.3) is 0 Å². The molecule has 0 spiro atoms. The summed E-state index contributed by atoms with van der Waals surface area (Å²) < 4.78 is 0. The molecular formula is C14H19N3O3. The summed E-state index contributed by atoms with van der Waals surface area (Å²) in [6.07, 6.45) is 0. The number of hydrogen-bond acceptors (Lipinski definition) is 4. The number of rotatable bonds is 1. The van der Waals surface area contributed by atoms with E-state index in [1.165, 1.54) is 17.0 Å². The molecule has 108 valence electrons. The maximum Gasteiger partial charge on any atom is 0.316 e. The van der Waals surface area contributed by atoms with Crippen LogP contribution in [0.2, 0.25) is 0 Å². The van der Waals surface area contributed by atoms with Crippen molar-refractivity contribution in [3.05, 3.63) is 24.3 Å². The molecule has 0 saturated carbocycles. The second-order valence-electron chi connectivity index (χ2n) is 4.98. The Kier molecular flexibility index (Phi) is 4.24. The van der Waals surface area contributed by atoms with Gasteiger partial charge < -0.3 is 19.8 Å².